The van der Waals surface area contributed by atoms with E-state index < -0.39 is 0 Å². The molecule has 5 heteroatoms. The van der Waals surface area contributed by atoms with Gasteiger partial charge in [0.15, 0.2) is 5.96 Å². The van der Waals surface area contributed by atoms with Crippen molar-refractivity contribution < 1.29 is 5.11 Å². The summed E-state index contributed by atoms with van der Waals surface area (Å²) in [7, 11) is 0. The van der Waals surface area contributed by atoms with Crippen molar-refractivity contribution in [3.63, 3.8) is 0 Å². The third kappa shape index (κ3) is 3.86. The smallest absolute Gasteiger partial charge is 0.194 e. The normalized spacial score (nSPS) is 23.7. The highest BCUT2D eigenvalue weighted by Crippen LogP contribution is 2.41. The van der Waals surface area contributed by atoms with Crippen molar-refractivity contribution in [2.24, 2.45) is 4.99 Å². The first-order valence-corrected chi connectivity index (χ1v) is 9.48. The van der Waals surface area contributed by atoms with Crippen LogP contribution < -0.4 is 5.32 Å². The van der Waals surface area contributed by atoms with Crippen molar-refractivity contribution in [2.75, 3.05) is 26.2 Å². The van der Waals surface area contributed by atoms with Gasteiger partial charge in [-0.2, -0.15) is 0 Å². The molecular weight excluding hydrogens is 322 g/mol. The van der Waals surface area contributed by atoms with E-state index in [1.165, 1.54) is 31.2 Å². The SMILES string of the molecule is CCNC(=NCC1(c2ccc(Cl)cc2)CCCC1)N1CC[C@@H](O)C1. The zero-order chi connectivity index (χ0) is 17.0. The number of halogens is 1. The van der Waals surface area contributed by atoms with Crippen LogP contribution >= 0.6 is 11.6 Å². The van der Waals surface area contributed by atoms with Crippen molar-refractivity contribution in [1.29, 1.82) is 0 Å². The van der Waals surface area contributed by atoms with Gasteiger partial charge in [0.2, 0.25) is 0 Å². The van der Waals surface area contributed by atoms with Gasteiger partial charge in [0.25, 0.3) is 0 Å². The summed E-state index contributed by atoms with van der Waals surface area (Å²) in [6.07, 6.45) is 5.48. The van der Waals surface area contributed by atoms with Crippen LogP contribution in [0.4, 0.5) is 0 Å². The van der Waals surface area contributed by atoms with Crippen molar-refractivity contribution >= 4 is 17.6 Å². The Labute approximate surface area is 149 Å². The average molecular weight is 350 g/mol. The molecule has 0 spiro atoms. The van der Waals surface area contributed by atoms with Crippen LogP contribution in [0.2, 0.25) is 5.02 Å². The fraction of sp³-hybridized carbons (Fsp3) is 0.632. The molecular formula is C19H28ClN3O. The number of β-amino-alcohol motifs (C(OH)–C–C–N with tert-alkyl or cyclic N) is 1. The Morgan fingerprint density at radius 3 is 2.62 bits per heavy atom. The number of rotatable bonds is 4. The van der Waals surface area contributed by atoms with Crippen molar-refractivity contribution in [3.05, 3.63) is 34.9 Å². The Balaban J connectivity index is 1.80. The lowest BCUT2D eigenvalue weighted by Crippen LogP contribution is -2.41. The van der Waals surface area contributed by atoms with Crippen LogP contribution in [-0.2, 0) is 5.41 Å². The zero-order valence-electron chi connectivity index (χ0n) is 14.5. The number of nitrogens with zero attached hydrogens (tertiary/aromatic N) is 2. The maximum absolute atomic E-state index is 9.81. The van der Waals surface area contributed by atoms with E-state index in [4.69, 9.17) is 16.6 Å². The molecule has 1 aliphatic carbocycles. The Kier molecular flexibility index (Phi) is 5.67. The Morgan fingerprint density at radius 2 is 2.04 bits per heavy atom. The Hall–Kier alpha value is -1.26. The van der Waals surface area contributed by atoms with Gasteiger partial charge in [-0.3, -0.25) is 4.99 Å². The predicted molar refractivity (Wildman–Crippen MR) is 99.8 cm³/mol. The van der Waals surface area contributed by atoms with Crippen LogP contribution in [0, 0.1) is 0 Å². The second-order valence-electron chi connectivity index (χ2n) is 7.05. The van der Waals surface area contributed by atoms with E-state index in [-0.39, 0.29) is 11.5 Å². The summed E-state index contributed by atoms with van der Waals surface area (Å²) < 4.78 is 0. The van der Waals surface area contributed by atoms with E-state index in [0.29, 0.717) is 6.54 Å². The van der Waals surface area contributed by atoms with Gasteiger partial charge < -0.3 is 15.3 Å². The summed E-state index contributed by atoms with van der Waals surface area (Å²) in [4.78, 5) is 7.15. The van der Waals surface area contributed by atoms with Crippen LogP contribution in [0.3, 0.4) is 0 Å². The highest BCUT2D eigenvalue weighted by molar-refractivity contribution is 6.30. The molecule has 1 atom stereocenters. The molecule has 0 radical (unpaired) electrons. The number of likely N-dealkylation sites (tertiary alicyclic amines) is 1. The molecule has 2 aliphatic rings. The summed E-state index contributed by atoms with van der Waals surface area (Å²) in [5.74, 6) is 0.939. The van der Waals surface area contributed by atoms with Crippen molar-refractivity contribution in [2.45, 2.75) is 50.5 Å². The third-order valence-corrected chi connectivity index (χ3v) is 5.60. The van der Waals surface area contributed by atoms with Crippen molar-refractivity contribution in [3.8, 4) is 0 Å². The molecule has 1 aliphatic heterocycles. The molecule has 1 saturated heterocycles. The van der Waals surface area contributed by atoms with Gasteiger partial charge in [-0.05, 0) is 43.9 Å². The first-order valence-electron chi connectivity index (χ1n) is 9.10. The van der Waals surface area contributed by atoms with Crippen LogP contribution in [0.5, 0.6) is 0 Å². The number of benzene rings is 1. The van der Waals surface area contributed by atoms with E-state index in [0.717, 1.165) is 37.0 Å². The van der Waals surface area contributed by atoms with Crippen LogP contribution in [-0.4, -0.2) is 48.2 Å². The second-order valence-corrected chi connectivity index (χ2v) is 7.49. The minimum atomic E-state index is -0.231. The number of aliphatic imine (C=N–C) groups is 1. The van der Waals surface area contributed by atoms with Crippen LogP contribution in [0.15, 0.2) is 29.3 Å². The predicted octanol–water partition coefficient (Wildman–Crippen LogP) is 3.18. The van der Waals surface area contributed by atoms with Gasteiger partial charge in [0.1, 0.15) is 0 Å². The molecule has 2 fully saturated rings. The lowest BCUT2D eigenvalue weighted by atomic mass is 9.79. The Morgan fingerprint density at radius 1 is 1.33 bits per heavy atom. The summed E-state index contributed by atoms with van der Waals surface area (Å²) in [5.41, 5.74) is 1.48. The molecule has 1 saturated carbocycles. The molecule has 24 heavy (non-hydrogen) atoms. The summed E-state index contributed by atoms with van der Waals surface area (Å²) in [5, 5.41) is 14.0. The van der Waals surface area contributed by atoms with Gasteiger partial charge in [-0.25, -0.2) is 0 Å². The molecule has 132 valence electrons. The molecule has 4 nitrogen and oxygen atoms in total. The van der Waals surface area contributed by atoms with Crippen LogP contribution in [0.25, 0.3) is 0 Å². The van der Waals surface area contributed by atoms with E-state index in [9.17, 15) is 5.11 Å². The minimum Gasteiger partial charge on any atom is -0.391 e. The number of aliphatic hydroxyl groups excluding tert-OH is 1. The zero-order valence-corrected chi connectivity index (χ0v) is 15.2. The van der Waals surface area contributed by atoms with Gasteiger partial charge in [-0.1, -0.05) is 36.6 Å². The monoisotopic (exact) mass is 349 g/mol. The lowest BCUT2D eigenvalue weighted by Gasteiger charge is -2.29. The fourth-order valence-corrected chi connectivity index (χ4v) is 4.11. The lowest BCUT2D eigenvalue weighted by molar-refractivity contribution is 0.187. The maximum atomic E-state index is 9.81. The number of hydrogen-bond acceptors (Lipinski definition) is 2. The summed E-state index contributed by atoms with van der Waals surface area (Å²) in [6.45, 7) is 5.29. The van der Waals surface area contributed by atoms with E-state index in [2.05, 4.69) is 29.3 Å². The van der Waals surface area contributed by atoms with Gasteiger partial charge in [-0.15, -0.1) is 0 Å². The molecule has 3 rings (SSSR count). The molecule has 2 N–H and O–H groups in total. The molecule has 1 aromatic carbocycles. The molecule has 0 amide bonds. The van der Waals surface area contributed by atoms with Crippen LogP contribution in [0.1, 0.15) is 44.6 Å². The molecule has 0 aromatic heterocycles. The quantitative estimate of drug-likeness (QED) is 0.648. The largest absolute Gasteiger partial charge is 0.391 e. The van der Waals surface area contributed by atoms with Gasteiger partial charge in [0, 0.05) is 30.1 Å². The first-order chi connectivity index (χ1) is 11.6. The third-order valence-electron chi connectivity index (χ3n) is 5.35. The van der Waals surface area contributed by atoms with Gasteiger partial charge in [0.05, 0.1) is 12.6 Å². The highest BCUT2D eigenvalue weighted by Gasteiger charge is 2.36. The van der Waals surface area contributed by atoms with E-state index >= 15 is 0 Å². The standard InChI is InChI=1S/C19H28ClN3O/c1-2-21-18(23-12-9-17(24)13-23)22-14-19(10-3-4-11-19)15-5-7-16(20)8-6-15/h5-8,17,24H,2-4,9-14H2,1H3,(H,21,22)/t17-/m1/s1. The van der Waals surface area contributed by atoms with Crippen molar-refractivity contribution in [1.82, 2.24) is 10.2 Å². The molecule has 0 bridgehead atoms. The molecule has 0 unspecified atom stereocenters. The average Bonchev–Trinajstić information content (AvgIpc) is 3.22. The topological polar surface area (TPSA) is 47.9 Å². The second kappa shape index (κ2) is 7.75. The number of aliphatic hydroxyl groups is 1. The first kappa shape index (κ1) is 17.6. The molecule has 1 aromatic rings. The minimum absolute atomic E-state index is 0.129. The fourth-order valence-electron chi connectivity index (χ4n) is 3.98. The van der Waals surface area contributed by atoms with E-state index in [1.807, 2.05) is 12.1 Å². The molecule has 1 heterocycles. The number of guanidine groups is 1. The van der Waals surface area contributed by atoms with E-state index in [1.54, 1.807) is 0 Å². The number of nitrogens with one attached hydrogen (secondary N) is 1. The highest BCUT2D eigenvalue weighted by atomic mass is 35.5. The summed E-state index contributed by atoms with van der Waals surface area (Å²) in [6, 6.07) is 8.30. The van der Waals surface area contributed by atoms with Gasteiger partial charge >= 0.3 is 0 Å². The number of hydrogen-bond donors (Lipinski definition) is 2. The Bertz CT molecular complexity index is 566. The maximum Gasteiger partial charge on any atom is 0.194 e. The summed E-state index contributed by atoms with van der Waals surface area (Å²) >= 11 is 6.06.